The summed E-state index contributed by atoms with van der Waals surface area (Å²) in [5, 5.41) is 2.60. The third kappa shape index (κ3) is 3.56. The first-order valence-corrected chi connectivity index (χ1v) is 13.1. The van der Waals surface area contributed by atoms with Crippen molar-refractivity contribution >= 4 is 50.7 Å². The number of allylic oxidation sites excluding steroid dienone is 4. The quantitative estimate of drug-likeness (QED) is 0.325. The van der Waals surface area contributed by atoms with Crippen molar-refractivity contribution in [2.24, 2.45) is 0 Å². The lowest BCUT2D eigenvalue weighted by molar-refractivity contribution is -0.665. The van der Waals surface area contributed by atoms with Crippen LogP contribution >= 0.6 is 23.1 Å². The van der Waals surface area contributed by atoms with Crippen LogP contribution in [0.1, 0.15) is 30.1 Å². The number of hydrogen-bond donors (Lipinski definition) is 1. The van der Waals surface area contributed by atoms with Crippen molar-refractivity contribution in [2.75, 3.05) is 11.4 Å². The summed E-state index contributed by atoms with van der Waals surface area (Å²) in [6.07, 6.45) is 10.1. The van der Waals surface area contributed by atoms with Crippen LogP contribution in [0.2, 0.25) is 0 Å². The Labute approximate surface area is 202 Å². The summed E-state index contributed by atoms with van der Waals surface area (Å²) >= 11 is 3.74. The molecule has 0 atom stereocenters. The lowest BCUT2D eigenvalue weighted by Gasteiger charge is -2.20. The summed E-state index contributed by atoms with van der Waals surface area (Å²) in [4.78, 5) is 7.26. The Kier molecular flexibility index (Phi) is 5.24. The molecule has 33 heavy (non-hydrogen) atoms. The van der Waals surface area contributed by atoms with E-state index < -0.39 is 0 Å². The zero-order valence-electron chi connectivity index (χ0n) is 18.8. The SMILES string of the molecule is CCN1/C(=C/C2=CC(=C/c3sc4ccccc4[n+]3CC)/c3[nH]ccc3C2)Sc2ccccc21. The predicted octanol–water partition coefficient (Wildman–Crippen LogP) is 7.03. The average Bonchev–Trinajstić information content (AvgIpc) is 3.53. The molecule has 2 aromatic carbocycles. The Morgan fingerprint density at radius 2 is 1.88 bits per heavy atom. The standard InChI is InChI=1S/C28H25N3S2/c1-3-30-22-9-5-7-11-24(22)32-26(30)17-19-15-20-13-14-29-28(20)21(16-19)18-27-31(4-2)23-10-6-8-12-25(23)33-27/h5-14,16-18H,3-4,15H2,1-2H3/p+1/b26-17-. The zero-order valence-corrected chi connectivity index (χ0v) is 20.5. The summed E-state index contributed by atoms with van der Waals surface area (Å²) in [5.74, 6) is 0. The smallest absolute Gasteiger partial charge is 0.263 e. The Morgan fingerprint density at radius 1 is 1.03 bits per heavy atom. The number of thioether (sulfide) groups is 1. The number of aryl methyl sites for hydroxylation is 1. The number of aromatic nitrogens is 2. The highest BCUT2D eigenvalue weighted by Crippen LogP contribution is 2.46. The van der Waals surface area contributed by atoms with Gasteiger partial charge < -0.3 is 9.88 Å². The Bertz CT molecular complexity index is 1450. The van der Waals surface area contributed by atoms with E-state index in [1.165, 1.54) is 53.2 Å². The van der Waals surface area contributed by atoms with Crippen LogP contribution in [0.4, 0.5) is 5.69 Å². The second-order valence-electron chi connectivity index (χ2n) is 8.32. The van der Waals surface area contributed by atoms with Crippen LogP contribution in [0.15, 0.2) is 88.4 Å². The lowest BCUT2D eigenvalue weighted by Crippen LogP contribution is -2.33. The number of fused-ring (bicyclic) bond motifs is 3. The van der Waals surface area contributed by atoms with Gasteiger partial charge in [0.1, 0.15) is 11.2 Å². The molecule has 3 nitrogen and oxygen atoms in total. The monoisotopic (exact) mass is 468 g/mol. The molecule has 1 aliphatic carbocycles. The van der Waals surface area contributed by atoms with Gasteiger partial charge in [-0.3, -0.25) is 0 Å². The summed E-state index contributed by atoms with van der Waals surface area (Å²) in [7, 11) is 0. The van der Waals surface area contributed by atoms with Crippen LogP contribution in [-0.2, 0) is 13.0 Å². The van der Waals surface area contributed by atoms with Crippen LogP contribution < -0.4 is 9.47 Å². The first-order valence-electron chi connectivity index (χ1n) is 11.5. The Balaban J connectivity index is 1.44. The van der Waals surface area contributed by atoms with Crippen molar-refractivity contribution in [3.8, 4) is 0 Å². The maximum absolute atomic E-state index is 3.49. The number of aromatic amines is 1. The van der Waals surface area contributed by atoms with Gasteiger partial charge in [0.2, 0.25) is 5.52 Å². The highest BCUT2D eigenvalue weighted by Gasteiger charge is 2.25. The van der Waals surface area contributed by atoms with E-state index in [1.807, 2.05) is 23.1 Å². The molecule has 2 aliphatic rings. The van der Waals surface area contributed by atoms with E-state index in [9.17, 15) is 0 Å². The highest BCUT2D eigenvalue weighted by molar-refractivity contribution is 8.03. The van der Waals surface area contributed by atoms with Crippen molar-refractivity contribution in [3.63, 3.8) is 0 Å². The maximum Gasteiger partial charge on any atom is 0.263 e. The van der Waals surface area contributed by atoms with Gasteiger partial charge in [-0.25, -0.2) is 0 Å². The molecule has 1 N–H and O–H groups in total. The number of para-hydroxylation sites is 2. The number of nitrogens with zero attached hydrogens (tertiary/aromatic N) is 2. The van der Waals surface area contributed by atoms with Gasteiger partial charge in [-0.2, -0.15) is 4.57 Å². The van der Waals surface area contributed by atoms with Gasteiger partial charge in [0.05, 0.1) is 10.7 Å². The van der Waals surface area contributed by atoms with Gasteiger partial charge in [-0.15, -0.1) is 0 Å². The second-order valence-corrected chi connectivity index (χ2v) is 10.4. The largest absolute Gasteiger partial charge is 0.361 e. The van der Waals surface area contributed by atoms with Crippen molar-refractivity contribution in [2.45, 2.75) is 31.7 Å². The first kappa shape index (κ1) is 20.6. The van der Waals surface area contributed by atoms with Crippen LogP contribution in [-0.4, -0.2) is 11.5 Å². The molecule has 2 aromatic heterocycles. The molecule has 0 bridgehead atoms. The minimum Gasteiger partial charge on any atom is -0.361 e. The third-order valence-corrected chi connectivity index (χ3v) is 8.58. The molecular weight excluding hydrogens is 442 g/mol. The molecule has 0 unspecified atom stereocenters. The molecule has 3 heterocycles. The molecule has 4 aromatic rings. The van der Waals surface area contributed by atoms with E-state index >= 15 is 0 Å². The summed E-state index contributed by atoms with van der Waals surface area (Å²) in [5.41, 5.74) is 7.84. The molecule has 0 spiro atoms. The molecule has 0 amide bonds. The molecule has 164 valence electrons. The Morgan fingerprint density at radius 3 is 2.76 bits per heavy atom. The van der Waals surface area contributed by atoms with Gasteiger partial charge in [-0.05, 0) is 67.8 Å². The second kappa shape index (κ2) is 8.40. The number of H-pyrrole nitrogens is 1. The van der Waals surface area contributed by atoms with E-state index in [1.54, 1.807) is 0 Å². The van der Waals surface area contributed by atoms with E-state index in [-0.39, 0.29) is 0 Å². The fourth-order valence-corrected chi connectivity index (χ4v) is 7.21. The van der Waals surface area contributed by atoms with Gasteiger partial charge in [0.25, 0.3) is 5.01 Å². The number of benzene rings is 2. The van der Waals surface area contributed by atoms with Crippen molar-refractivity contribution < 1.29 is 4.57 Å². The third-order valence-electron chi connectivity index (χ3n) is 6.35. The zero-order chi connectivity index (χ0) is 22.4. The van der Waals surface area contributed by atoms with Gasteiger partial charge in [0.15, 0.2) is 0 Å². The predicted molar refractivity (Wildman–Crippen MR) is 142 cm³/mol. The highest BCUT2D eigenvalue weighted by atomic mass is 32.2. The van der Waals surface area contributed by atoms with Crippen LogP contribution in [0.5, 0.6) is 0 Å². The van der Waals surface area contributed by atoms with Crippen LogP contribution in [0.3, 0.4) is 0 Å². The molecule has 6 rings (SSSR count). The Hall–Kier alpha value is -3.02. The van der Waals surface area contributed by atoms with Gasteiger partial charge in [-0.1, -0.05) is 47.4 Å². The molecule has 1 aliphatic heterocycles. The number of hydrogen-bond acceptors (Lipinski definition) is 3. The fourth-order valence-electron chi connectivity index (χ4n) is 4.83. The van der Waals surface area contributed by atoms with E-state index in [0.29, 0.717) is 0 Å². The van der Waals surface area contributed by atoms with Gasteiger partial charge >= 0.3 is 0 Å². The lowest BCUT2D eigenvalue weighted by atomic mass is 9.93. The summed E-state index contributed by atoms with van der Waals surface area (Å²) in [6.45, 7) is 6.38. The average molecular weight is 469 g/mol. The van der Waals surface area contributed by atoms with Crippen molar-refractivity contribution in [1.82, 2.24) is 4.98 Å². The topological polar surface area (TPSA) is 22.9 Å². The molecule has 0 saturated carbocycles. The number of thiazole rings is 1. The van der Waals surface area contributed by atoms with Crippen LogP contribution in [0, 0.1) is 0 Å². The molecule has 5 heteroatoms. The minimum atomic E-state index is 0.953. The minimum absolute atomic E-state index is 0.953. The molecule has 0 radical (unpaired) electrons. The van der Waals surface area contributed by atoms with Crippen molar-refractivity contribution in [3.05, 3.63) is 99.8 Å². The number of nitrogens with one attached hydrogen (secondary N) is 1. The van der Waals surface area contributed by atoms with E-state index in [4.69, 9.17) is 0 Å². The van der Waals surface area contributed by atoms with E-state index in [0.717, 1.165) is 19.5 Å². The summed E-state index contributed by atoms with van der Waals surface area (Å²) in [6, 6.07) is 19.6. The normalized spacial score (nSPS) is 17.6. The number of anilines is 1. The molecule has 0 fully saturated rings. The molecular formula is C28H26N3S2+. The number of rotatable bonds is 4. The van der Waals surface area contributed by atoms with Gasteiger partial charge in [0, 0.05) is 41.0 Å². The van der Waals surface area contributed by atoms with E-state index in [2.05, 4.69) is 107 Å². The van der Waals surface area contributed by atoms with Crippen molar-refractivity contribution in [1.29, 1.82) is 0 Å². The summed E-state index contributed by atoms with van der Waals surface area (Å²) < 4.78 is 3.75. The van der Waals surface area contributed by atoms with Crippen LogP contribution in [0.25, 0.3) is 21.9 Å². The fraction of sp³-hybridized carbons (Fsp3) is 0.179. The molecule has 0 saturated heterocycles. The maximum atomic E-state index is 3.49. The first-order chi connectivity index (χ1) is 16.2.